The molecule has 308 valence electrons. The molecule has 16 heteroatoms. The lowest BCUT2D eigenvalue weighted by atomic mass is 10.1. The van der Waals surface area contributed by atoms with Gasteiger partial charge in [0, 0.05) is 122 Å². The van der Waals surface area contributed by atoms with Gasteiger partial charge in [-0.15, -0.1) is 0 Å². The predicted molar refractivity (Wildman–Crippen MR) is 232 cm³/mol. The topological polar surface area (TPSA) is 201 Å². The van der Waals surface area contributed by atoms with Gasteiger partial charge >= 0.3 is 0 Å². The summed E-state index contributed by atoms with van der Waals surface area (Å²) in [6, 6.07) is 22.9. The zero-order valence-corrected chi connectivity index (χ0v) is 34.4. The van der Waals surface area contributed by atoms with Crippen LogP contribution in [-0.2, 0) is 40.3 Å². The lowest BCUT2D eigenvalue weighted by molar-refractivity contribution is 0.253. The normalized spacial score (nSPS) is 10.5. The van der Waals surface area contributed by atoms with E-state index in [0.29, 0.717) is 69.4 Å². The zero-order valence-electron chi connectivity index (χ0n) is 34.4. The maximum absolute atomic E-state index is 13.0. The van der Waals surface area contributed by atoms with E-state index >= 15 is 0 Å². The number of nitrogens with zero attached hydrogens (tertiary/aromatic N) is 11. The fourth-order valence-electron chi connectivity index (χ4n) is 6.33. The number of methoxy groups -OCH3 is 2. The molecule has 2 aromatic carbocycles. The van der Waals surface area contributed by atoms with Crippen molar-refractivity contribution in [2.24, 2.45) is 24.3 Å². The Morgan fingerprint density at radius 2 is 1.24 bits per heavy atom. The van der Waals surface area contributed by atoms with Gasteiger partial charge in [-0.2, -0.15) is 0 Å². The summed E-state index contributed by atoms with van der Waals surface area (Å²) in [5.41, 5.74) is 21.8. The Balaban J connectivity index is 0.000000229. The number of nitrogens with one attached hydrogen (secondary N) is 1. The van der Waals surface area contributed by atoms with E-state index in [9.17, 15) is 9.59 Å². The fraction of sp³-hybridized carbons (Fsp3) is 0.349. The van der Waals surface area contributed by atoms with Crippen molar-refractivity contribution >= 4 is 21.8 Å². The largest absolute Gasteiger partial charge is 0.481 e. The highest BCUT2D eigenvalue weighted by Crippen LogP contribution is 2.16. The standard InChI is InChI=1S/C21H24N6O2.C18H19N3O2.C4H9N3/c1-26-14-17(21(28)18-6-3-4-7-19(18)26)15-27(11-5-9-24-25-22)13-16-8-10-23-20(12-16)29-2;1-21-12-14(18(22)15-5-3-4-6-16(15)21)11-19-10-13-7-8-20-17(9-13)23-2;1-2-3-4-6-7-5/h3-4,6-8,10,12,14H,5,9,11,13,15H2,1-2H3;3-9,12,19H,10-11H2,1-2H3;2-4H2,1H3. The van der Waals surface area contributed by atoms with Crippen LogP contribution in [-0.4, -0.2) is 57.9 Å². The van der Waals surface area contributed by atoms with Crippen LogP contribution in [0.25, 0.3) is 42.7 Å². The number of hydrogen-bond acceptors (Lipinski definition) is 10. The highest BCUT2D eigenvalue weighted by molar-refractivity contribution is 5.80. The lowest BCUT2D eigenvalue weighted by Gasteiger charge is -2.23. The van der Waals surface area contributed by atoms with Crippen molar-refractivity contribution in [1.29, 1.82) is 0 Å². The first kappa shape index (κ1) is 45.0. The molecule has 0 unspecified atom stereocenters. The van der Waals surface area contributed by atoms with E-state index < -0.39 is 0 Å². The first-order valence-corrected chi connectivity index (χ1v) is 19.3. The van der Waals surface area contributed by atoms with E-state index in [-0.39, 0.29) is 10.9 Å². The van der Waals surface area contributed by atoms with Crippen LogP contribution >= 0.6 is 0 Å². The summed E-state index contributed by atoms with van der Waals surface area (Å²) in [6.45, 7) is 6.11. The Labute approximate surface area is 343 Å². The minimum atomic E-state index is 0.0473. The van der Waals surface area contributed by atoms with Crippen molar-refractivity contribution in [1.82, 2.24) is 29.3 Å². The molecule has 0 amide bonds. The molecule has 0 saturated heterocycles. The van der Waals surface area contributed by atoms with Gasteiger partial charge in [0.05, 0.1) is 25.3 Å². The number of para-hydroxylation sites is 2. The second kappa shape index (κ2) is 24.2. The molecule has 6 aromatic rings. The van der Waals surface area contributed by atoms with Gasteiger partial charge in [0.15, 0.2) is 10.9 Å². The van der Waals surface area contributed by atoms with E-state index in [0.717, 1.165) is 51.5 Å². The van der Waals surface area contributed by atoms with E-state index in [2.05, 4.69) is 47.2 Å². The fourth-order valence-corrected chi connectivity index (χ4v) is 6.33. The highest BCUT2D eigenvalue weighted by atomic mass is 16.5. The summed E-state index contributed by atoms with van der Waals surface area (Å²) in [5, 5.41) is 11.7. The Hall–Kier alpha value is -6.70. The number of benzene rings is 2. The predicted octanol–water partition coefficient (Wildman–Crippen LogP) is 7.97. The molecular formula is C43H52N12O4. The van der Waals surface area contributed by atoms with Crippen molar-refractivity contribution in [2.45, 2.75) is 52.4 Å². The Morgan fingerprint density at radius 1 is 0.712 bits per heavy atom. The van der Waals surface area contributed by atoms with Crippen molar-refractivity contribution < 1.29 is 9.47 Å². The minimum Gasteiger partial charge on any atom is -0.481 e. The van der Waals surface area contributed by atoms with Crippen LogP contribution in [0.15, 0.2) is 117 Å². The van der Waals surface area contributed by atoms with E-state index in [1.54, 1.807) is 26.6 Å². The molecule has 6 rings (SSSR count). The van der Waals surface area contributed by atoms with Gasteiger partial charge < -0.3 is 23.9 Å². The second-order valence-electron chi connectivity index (χ2n) is 13.6. The van der Waals surface area contributed by atoms with Crippen molar-refractivity contribution in [3.63, 3.8) is 0 Å². The van der Waals surface area contributed by atoms with Gasteiger partial charge in [0.2, 0.25) is 11.8 Å². The third-order valence-corrected chi connectivity index (χ3v) is 9.27. The van der Waals surface area contributed by atoms with Crippen molar-refractivity contribution in [2.75, 3.05) is 33.9 Å². The molecule has 0 saturated carbocycles. The maximum atomic E-state index is 13.0. The SMILES string of the molecule is CCCCN=[N+]=[N-].COc1cc(CN(CCCN=[N+]=[N-])Cc2cn(C)c3ccccc3c2=O)ccn1.COc1cc(CNCc2cn(C)c3ccccc3c2=O)ccn1. The van der Waals surface area contributed by atoms with Gasteiger partial charge in [0.1, 0.15) is 0 Å². The number of fused-ring (bicyclic) bond motifs is 2. The molecule has 4 aromatic heterocycles. The Kier molecular flexibility index (Phi) is 18.4. The molecule has 0 aliphatic heterocycles. The third kappa shape index (κ3) is 13.7. The number of ether oxygens (including phenoxy) is 2. The molecule has 16 nitrogen and oxygen atoms in total. The van der Waals surface area contributed by atoms with Crippen LogP contribution < -0.4 is 25.6 Å². The van der Waals surface area contributed by atoms with E-state index in [1.807, 2.05) is 108 Å². The monoisotopic (exact) mass is 800 g/mol. The molecule has 0 fully saturated rings. The van der Waals surface area contributed by atoms with Gasteiger partial charge in [-0.1, -0.05) is 47.8 Å². The molecule has 0 bridgehead atoms. The molecule has 0 spiro atoms. The number of rotatable bonds is 17. The molecule has 0 aliphatic carbocycles. The number of unbranched alkanes of at least 4 members (excludes halogenated alkanes) is 1. The number of pyridine rings is 4. The molecule has 0 radical (unpaired) electrons. The van der Waals surface area contributed by atoms with Gasteiger partial charge in [-0.3, -0.25) is 14.5 Å². The first-order valence-electron chi connectivity index (χ1n) is 19.3. The molecule has 1 N–H and O–H groups in total. The van der Waals surface area contributed by atoms with Crippen molar-refractivity contribution in [3.8, 4) is 11.8 Å². The average Bonchev–Trinajstić information content (AvgIpc) is 3.26. The number of hydrogen-bond donors (Lipinski definition) is 1. The summed E-state index contributed by atoms with van der Waals surface area (Å²) in [4.78, 5) is 41.4. The summed E-state index contributed by atoms with van der Waals surface area (Å²) in [5.74, 6) is 1.14. The molecule has 0 atom stereocenters. The number of azide groups is 2. The number of aromatic nitrogens is 4. The van der Waals surface area contributed by atoms with Crippen molar-refractivity contribution in [3.05, 3.63) is 161 Å². The second-order valence-corrected chi connectivity index (χ2v) is 13.6. The molecule has 59 heavy (non-hydrogen) atoms. The van der Waals surface area contributed by atoms with Crippen LogP contribution in [0.2, 0.25) is 0 Å². The Morgan fingerprint density at radius 3 is 1.81 bits per heavy atom. The van der Waals surface area contributed by atoms with Crippen LogP contribution in [0, 0.1) is 0 Å². The Bertz CT molecular complexity index is 2490. The van der Waals surface area contributed by atoms with Crippen LogP contribution in [0.3, 0.4) is 0 Å². The lowest BCUT2D eigenvalue weighted by Crippen LogP contribution is -2.28. The molecule has 4 heterocycles. The van der Waals surface area contributed by atoms with Crippen LogP contribution in [0.5, 0.6) is 11.8 Å². The first-order chi connectivity index (χ1) is 28.7. The molecule has 0 aliphatic rings. The van der Waals surface area contributed by atoms with E-state index in [1.165, 1.54) is 0 Å². The summed E-state index contributed by atoms with van der Waals surface area (Å²) >= 11 is 0. The minimum absolute atomic E-state index is 0.0473. The quantitative estimate of drug-likeness (QED) is 0.0414. The van der Waals surface area contributed by atoms with Crippen LogP contribution in [0.4, 0.5) is 0 Å². The molecular weight excluding hydrogens is 749 g/mol. The summed E-state index contributed by atoms with van der Waals surface area (Å²) < 4.78 is 14.3. The summed E-state index contributed by atoms with van der Waals surface area (Å²) in [7, 11) is 7.09. The smallest absolute Gasteiger partial charge is 0.213 e. The van der Waals surface area contributed by atoms with Gasteiger partial charge in [0.25, 0.3) is 0 Å². The van der Waals surface area contributed by atoms with E-state index in [4.69, 9.17) is 20.5 Å². The number of aryl methyl sites for hydroxylation is 2. The average molecular weight is 801 g/mol. The van der Waals surface area contributed by atoms with Gasteiger partial charge in [-0.05, 0) is 78.0 Å². The highest BCUT2D eigenvalue weighted by Gasteiger charge is 2.13. The zero-order chi connectivity index (χ0) is 42.4. The van der Waals surface area contributed by atoms with Crippen LogP contribution in [0.1, 0.15) is 48.4 Å². The third-order valence-electron chi connectivity index (χ3n) is 9.27. The maximum Gasteiger partial charge on any atom is 0.213 e. The van der Waals surface area contributed by atoms with Gasteiger partial charge in [-0.25, -0.2) is 9.97 Å². The summed E-state index contributed by atoms with van der Waals surface area (Å²) in [6.07, 6.45) is 10.0.